The van der Waals surface area contributed by atoms with Gasteiger partial charge >= 0.3 is 6.09 Å². The van der Waals surface area contributed by atoms with Gasteiger partial charge in [-0.1, -0.05) is 6.07 Å². The summed E-state index contributed by atoms with van der Waals surface area (Å²) in [6, 6.07) is 3.28. The van der Waals surface area contributed by atoms with E-state index in [0.29, 0.717) is 0 Å². The quantitative estimate of drug-likeness (QED) is 0.212. The predicted octanol–water partition coefficient (Wildman–Crippen LogP) is -0.0931. The third-order valence-electron chi connectivity index (χ3n) is 4.77. The summed E-state index contributed by atoms with van der Waals surface area (Å²) in [4.78, 5) is 65.3. The molecule has 3 atom stereocenters. The van der Waals surface area contributed by atoms with E-state index in [0.717, 1.165) is 5.56 Å². The zero-order valence-corrected chi connectivity index (χ0v) is 17.9. The van der Waals surface area contributed by atoms with E-state index in [1.807, 2.05) is 0 Å². The standard InChI is InChI=1S/C20H26N4O8/c1-11(2)24(20(29)31-12(3)13-5-4-6-21-10-13)8-7-22-18(27)15-9-14(25)16(26)17(32-15)19(28)23-30/h4-6,10-12,15,17,30H,7-9H2,1-3H3,(H,22,27)(H,23,28)/t12-,15?,17?/m0/s1. The van der Waals surface area contributed by atoms with Crippen LogP contribution in [0.25, 0.3) is 0 Å². The molecule has 0 saturated carbocycles. The molecule has 0 aromatic carbocycles. The number of pyridine rings is 1. The topological polar surface area (TPSA) is 164 Å². The highest BCUT2D eigenvalue weighted by molar-refractivity contribution is 6.43. The van der Waals surface area contributed by atoms with Crippen LogP contribution < -0.4 is 10.8 Å². The van der Waals surface area contributed by atoms with E-state index in [9.17, 15) is 24.0 Å². The number of carbonyl (C=O) groups is 5. The number of amides is 3. The van der Waals surface area contributed by atoms with Crippen molar-refractivity contribution in [3.63, 3.8) is 0 Å². The Kier molecular flexibility index (Phi) is 8.79. The Morgan fingerprint density at radius 2 is 2.00 bits per heavy atom. The van der Waals surface area contributed by atoms with Crippen LogP contribution in [0, 0.1) is 0 Å². The minimum absolute atomic E-state index is 0.00620. The van der Waals surface area contributed by atoms with Crippen molar-refractivity contribution in [2.45, 2.75) is 51.5 Å². The van der Waals surface area contributed by atoms with Crippen LogP contribution in [0.5, 0.6) is 0 Å². The Labute approximate surface area is 184 Å². The van der Waals surface area contributed by atoms with Crippen LogP contribution in [0.3, 0.4) is 0 Å². The molecule has 2 heterocycles. The van der Waals surface area contributed by atoms with Crippen molar-refractivity contribution >= 4 is 29.5 Å². The molecule has 3 N–H and O–H groups in total. The van der Waals surface area contributed by atoms with Gasteiger partial charge in [0.25, 0.3) is 5.91 Å². The van der Waals surface area contributed by atoms with E-state index in [4.69, 9.17) is 14.7 Å². The fourth-order valence-corrected chi connectivity index (χ4v) is 2.96. The first-order valence-electron chi connectivity index (χ1n) is 9.97. The van der Waals surface area contributed by atoms with Crippen molar-refractivity contribution < 1.29 is 38.7 Å². The molecule has 1 aromatic rings. The van der Waals surface area contributed by atoms with Crippen LogP contribution >= 0.6 is 0 Å². The largest absolute Gasteiger partial charge is 0.441 e. The third kappa shape index (κ3) is 6.31. The molecular formula is C20H26N4O8. The molecule has 1 saturated heterocycles. The molecule has 32 heavy (non-hydrogen) atoms. The molecule has 1 aliphatic rings. The van der Waals surface area contributed by atoms with Crippen LogP contribution in [-0.2, 0) is 28.7 Å². The van der Waals surface area contributed by atoms with Gasteiger partial charge in [0, 0.05) is 43.5 Å². The van der Waals surface area contributed by atoms with Gasteiger partial charge in [-0.25, -0.2) is 10.3 Å². The SMILES string of the molecule is CC(C)N(CCNC(=O)C1CC(=O)C(=O)C(C(=O)NO)O1)C(=O)O[C@@H](C)c1cccnc1. The van der Waals surface area contributed by atoms with Gasteiger partial charge in [-0.3, -0.25) is 29.4 Å². The molecule has 0 spiro atoms. The zero-order valence-electron chi connectivity index (χ0n) is 17.9. The first kappa shape index (κ1) is 24.9. The molecule has 1 aromatic heterocycles. The van der Waals surface area contributed by atoms with Crippen LogP contribution in [0.15, 0.2) is 24.5 Å². The summed E-state index contributed by atoms with van der Waals surface area (Å²) in [6.07, 6.45) is -1.71. The lowest BCUT2D eigenvalue weighted by Crippen LogP contribution is -2.54. The minimum Gasteiger partial charge on any atom is -0.441 e. The Morgan fingerprint density at radius 1 is 1.28 bits per heavy atom. The molecule has 0 radical (unpaired) electrons. The molecule has 12 heteroatoms. The van der Waals surface area contributed by atoms with Gasteiger partial charge in [0.15, 0.2) is 0 Å². The number of Topliss-reactive ketones (excluding diaryl/α,β-unsaturated/α-hetero) is 2. The predicted molar refractivity (Wildman–Crippen MR) is 107 cm³/mol. The van der Waals surface area contributed by atoms with Crippen LogP contribution in [0.2, 0.25) is 0 Å². The average molecular weight is 450 g/mol. The molecule has 0 aliphatic carbocycles. The molecule has 12 nitrogen and oxygen atoms in total. The lowest BCUT2D eigenvalue weighted by Gasteiger charge is -2.29. The molecule has 0 bridgehead atoms. The van der Waals surface area contributed by atoms with E-state index in [1.165, 1.54) is 10.4 Å². The van der Waals surface area contributed by atoms with Crippen molar-refractivity contribution in [3.8, 4) is 0 Å². The van der Waals surface area contributed by atoms with Gasteiger partial charge in [-0.05, 0) is 26.8 Å². The number of hydrogen-bond acceptors (Lipinski definition) is 9. The fraction of sp³-hybridized carbons (Fsp3) is 0.500. The number of nitrogens with zero attached hydrogens (tertiary/aromatic N) is 2. The molecule has 3 amide bonds. The highest BCUT2D eigenvalue weighted by Gasteiger charge is 2.43. The third-order valence-corrected chi connectivity index (χ3v) is 4.77. The fourth-order valence-electron chi connectivity index (χ4n) is 2.96. The Balaban J connectivity index is 1.90. The van der Waals surface area contributed by atoms with E-state index in [2.05, 4.69) is 10.3 Å². The van der Waals surface area contributed by atoms with E-state index >= 15 is 0 Å². The maximum atomic E-state index is 12.6. The summed E-state index contributed by atoms with van der Waals surface area (Å²) in [7, 11) is 0. The van der Waals surface area contributed by atoms with Crippen molar-refractivity contribution in [2.75, 3.05) is 13.1 Å². The van der Waals surface area contributed by atoms with Crippen molar-refractivity contribution in [3.05, 3.63) is 30.1 Å². The average Bonchev–Trinajstić information content (AvgIpc) is 2.77. The lowest BCUT2D eigenvalue weighted by atomic mass is 10.00. The first-order chi connectivity index (χ1) is 15.1. The lowest BCUT2D eigenvalue weighted by molar-refractivity contribution is -0.168. The highest BCUT2D eigenvalue weighted by Crippen LogP contribution is 2.17. The summed E-state index contributed by atoms with van der Waals surface area (Å²) in [5, 5.41) is 11.2. The van der Waals surface area contributed by atoms with E-state index in [-0.39, 0.29) is 19.1 Å². The summed E-state index contributed by atoms with van der Waals surface area (Å²) < 4.78 is 10.5. The van der Waals surface area contributed by atoms with Crippen molar-refractivity contribution in [2.24, 2.45) is 0 Å². The van der Waals surface area contributed by atoms with Crippen molar-refractivity contribution in [1.29, 1.82) is 0 Å². The number of aromatic nitrogens is 1. The molecule has 174 valence electrons. The number of ether oxygens (including phenoxy) is 2. The number of rotatable bonds is 8. The van der Waals surface area contributed by atoms with Crippen LogP contribution in [-0.4, -0.2) is 75.9 Å². The molecule has 1 fully saturated rings. The Bertz CT molecular complexity index is 860. The van der Waals surface area contributed by atoms with Gasteiger partial charge in [-0.2, -0.15) is 0 Å². The van der Waals surface area contributed by atoms with Crippen LogP contribution in [0.4, 0.5) is 4.79 Å². The van der Waals surface area contributed by atoms with Gasteiger partial charge < -0.3 is 19.7 Å². The minimum atomic E-state index is -1.90. The zero-order chi connectivity index (χ0) is 23.8. The second kappa shape index (κ2) is 11.3. The summed E-state index contributed by atoms with van der Waals surface area (Å²) in [5.41, 5.74) is 1.95. The molecular weight excluding hydrogens is 424 g/mol. The van der Waals surface area contributed by atoms with E-state index < -0.39 is 54.2 Å². The first-order valence-corrected chi connectivity index (χ1v) is 9.97. The number of hydroxylamine groups is 1. The normalized spacial score (nSPS) is 19.3. The molecule has 2 unspecified atom stereocenters. The smallest absolute Gasteiger partial charge is 0.410 e. The number of nitrogens with one attached hydrogen (secondary N) is 2. The number of hydrogen-bond donors (Lipinski definition) is 3. The Hall–Kier alpha value is -3.38. The summed E-state index contributed by atoms with van der Waals surface area (Å²) in [6.45, 7) is 5.39. The summed E-state index contributed by atoms with van der Waals surface area (Å²) in [5.74, 6) is -4.07. The number of ketones is 2. The van der Waals surface area contributed by atoms with Gasteiger partial charge in [0.05, 0.1) is 0 Å². The second-order valence-corrected chi connectivity index (χ2v) is 7.36. The van der Waals surface area contributed by atoms with Crippen LogP contribution in [0.1, 0.15) is 38.9 Å². The molecule has 2 rings (SSSR count). The maximum Gasteiger partial charge on any atom is 0.410 e. The van der Waals surface area contributed by atoms with Gasteiger partial charge in [0.1, 0.15) is 12.2 Å². The second-order valence-electron chi connectivity index (χ2n) is 7.36. The monoisotopic (exact) mass is 450 g/mol. The highest BCUT2D eigenvalue weighted by atomic mass is 16.6. The summed E-state index contributed by atoms with van der Waals surface area (Å²) >= 11 is 0. The number of carbonyl (C=O) groups excluding carboxylic acids is 5. The van der Waals surface area contributed by atoms with Gasteiger partial charge in [-0.15, -0.1) is 0 Å². The van der Waals surface area contributed by atoms with E-state index in [1.54, 1.807) is 45.3 Å². The molecule has 1 aliphatic heterocycles. The maximum absolute atomic E-state index is 12.6. The van der Waals surface area contributed by atoms with Gasteiger partial charge in [0.2, 0.25) is 23.6 Å². The Morgan fingerprint density at radius 3 is 2.59 bits per heavy atom. The van der Waals surface area contributed by atoms with Crippen molar-refractivity contribution in [1.82, 2.24) is 20.7 Å².